The zero-order chi connectivity index (χ0) is 12.6. The molecule has 0 aliphatic carbocycles. The van der Waals surface area contributed by atoms with Gasteiger partial charge in [-0.1, -0.05) is 30.2 Å². The van der Waals surface area contributed by atoms with Crippen LogP contribution in [0.5, 0.6) is 0 Å². The molecule has 0 aliphatic heterocycles. The van der Waals surface area contributed by atoms with E-state index < -0.39 is 47.7 Å². The predicted octanol–water partition coefficient (Wildman–Crippen LogP) is 3.22. The van der Waals surface area contributed by atoms with Gasteiger partial charge in [0.25, 0.3) is 0 Å². The Bertz CT molecular complexity index is 450. The van der Waals surface area contributed by atoms with Crippen LogP contribution in [0.15, 0.2) is 36.3 Å². The molecule has 0 saturated carbocycles. The Morgan fingerprint density at radius 2 is 1.64 bits per heavy atom. The van der Waals surface area contributed by atoms with Crippen LogP contribution in [-0.2, 0) is 0 Å². The largest absolute Gasteiger partial charge is 0.306 e. The maximum Gasteiger partial charge on any atom is 0.306 e. The summed E-state index contributed by atoms with van der Waals surface area (Å²) in [5.74, 6) is -2.10. The van der Waals surface area contributed by atoms with Gasteiger partial charge in [0, 0.05) is 5.56 Å². The van der Waals surface area contributed by atoms with E-state index in [1.807, 2.05) is 0 Å². The number of hydrogen-bond donors (Lipinski definition) is 0. The summed E-state index contributed by atoms with van der Waals surface area (Å²) in [5.41, 5.74) is -1.12. The smallest absolute Gasteiger partial charge is 0.200 e. The lowest BCUT2D eigenvalue weighted by Crippen LogP contribution is -1.76. The number of benzene rings is 1. The summed E-state index contributed by atoms with van der Waals surface area (Å²) in [6.07, 6.45) is -2.72. The molecule has 0 N–H and O–H groups in total. The first kappa shape index (κ1) is 3.43. The van der Waals surface area contributed by atoms with Gasteiger partial charge in [-0.3, -0.25) is 0 Å². The van der Waals surface area contributed by atoms with Gasteiger partial charge >= 0.3 is 6.08 Å². The van der Waals surface area contributed by atoms with Crippen molar-refractivity contribution in [2.45, 2.75) is 0 Å². The molecule has 11 heavy (non-hydrogen) atoms. The van der Waals surface area contributed by atoms with E-state index in [-0.39, 0.29) is 0 Å². The molecule has 0 aliphatic rings. The molecule has 0 saturated heterocycles. The van der Waals surface area contributed by atoms with Gasteiger partial charge in [-0.25, -0.2) is 4.39 Å². The monoisotopic (exact) mass is 163 g/mol. The zero-order valence-electron chi connectivity index (χ0n) is 10.1. The van der Waals surface area contributed by atoms with Crippen molar-refractivity contribution in [3.05, 3.63) is 41.9 Å². The summed E-state index contributed by atoms with van der Waals surface area (Å²) in [5, 5.41) is 0. The van der Waals surface area contributed by atoms with Crippen molar-refractivity contribution in [2.24, 2.45) is 0 Å². The fourth-order valence-electron chi connectivity index (χ4n) is 0.454. The molecular formula is C8H5F3. The third-order valence-electron chi connectivity index (χ3n) is 0.885. The van der Waals surface area contributed by atoms with Gasteiger partial charge in [0.2, 0.25) is 0 Å². The first-order valence-corrected chi connectivity index (χ1v) is 2.57. The van der Waals surface area contributed by atoms with Crippen molar-refractivity contribution in [1.29, 1.82) is 0 Å². The van der Waals surface area contributed by atoms with E-state index in [4.69, 9.17) is 6.85 Å². The van der Waals surface area contributed by atoms with Gasteiger partial charge in [0.05, 0.1) is 6.85 Å². The van der Waals surface area contributed by atoms with Gasteiger partial charge in [0.15, 0.2) is 5.83 Å². The third kappa shape index (κ3) is 1.83. The second-order valence-corrected chi connectivity index (χ2v) is 1.57. The van der Waals surface area contributed by atoms with Crippen molar-refractivity contribution in [2.75, 3.05) is 0 Å². The van der Waals surface area contributed by atoms with E-state index in [9.17, 15) is 13.2 Å². The summed E-state index contributed by atoms with van der Waals surface area (Å²) >= 11 is 0. The van der Waals surface area contributed by atoms with Crippen LogP contribution in [-0.4, -0.2) is 0 Å². The van der Waals surface area contributed by atoms with Crippen LogP contribution >= 0.6 is 0 Å². The van der Waals surface area contributed by atoms with E-state index in [1.54, 1.807) is 0 Å². The third-order valence-corrected chi connectivity index (χ3v) is 0.885. The van der Waals surface area contributed by atoms with Crippen molar-refractivity contribution >= 4 is 5.83 Å². The minimum absolute atomic E-state index is 0.759. The number of hydrogen-bond acceptors (Lipinski definition) is 0. The first-order chi connectivity index (χ1) is 7.29. The van der Waals surface area contributed by atoms with E-state index in [1.165, 1.54) is 0 Å². The SMILES string of the molecule is [2H]c1c([2H])c([2H])c(C(F)=C(F)F)c([2H])c1[2H]. The average Bonchev–Trinajstić information content (AvgIpc) is 2.23. The lowest BCUT2D eigenvalue weighted by atomic mass is 10.2. The predicted molar refractivity (Wildman–Crippen MR) is 36.7 cm³/mol. The van der Waals surface area contributed by atoms with Crippen LogP contribution in [0.2, 0.25) is 0 Å². The van der Waals surface area contributed by atoms with E-state index >= 15 is 0 Å². The summed E-state index contributed by atoms with van der Waals surface area (Å²) in [6.45, 7) is 0. The summed E-state index contributed by atoms with van der Waals surface area (Å²) in [6, 6.07) is -4.45. The molecule has 0 spiro atoms. The Labute approximate surface area is 69.0 Å². The quantitative estimate of drug-likeness (QED) is 0.596. The molecule has 0 atom stereocenters. The van der Waals surface area contributed by atoms with Gasteiger partial charge in [-0.2, -0.15) is 8.78 Å². The van der Waals surface area contributed by atoms with Crippen molar-refractivity contribution in [3.8, 4) is 0 Å². The van der Waals surface area contributed by atoms with Gasteiger partial charge in [-0.15, -0.1) is 0 Å². The lowest BCUT2D eigenvalue weighted by molar-refractivity contribution is 0.410. The molecule has 0 radical (unpaired) electrons. The molecule has 0 unspecified atom stereocenters. The Morgan fingerprint density at radius 1 is 1.09 bits per heavy atom. The maximum absolute atomic E-state index is 12.9. The number of rotatable bonds is 1. The molecule has 0 aromatic heterocycles. The van der Waals surface area contributed by atoms with Crippen LogP contribution in [0.1, 0.15) is 12.4 Å². The van der Waals surface area contributed by atoms with E-state index in [2.05, 4.69) is 0 Å². The fraction of sp³-hybridized carbons (Fsp3) is 0. The topological polar surface area (TPSA) is 0 Å². The molecule has 3 heteroatoms. The molecule has 0 nitrogen and oxygen atoms in total. The van der Waals surface area contributed by atoms with Gasteiger partial charge < -0.3 is 0 Å². The Balaban J connectivity index is 3.72. The van der Waals surface area contributed by atoms with Gasteiger partial charge in [-0.05, 0) is 0 Å². The fourth-order valence-corrected chi connectivity index (χ4v) is 0.454. The highest BCUT2D eigenvalue weighted by Crippen LogP contribution is 2.20. The van der Waals surface area contributed by atoms with Crippen LogP contribution in [0.25, 0.3) is 5.83 Å². The Kier molecular flexibility index (Phi) is 1.01. The second kappa shape index (κ2) is 3.23. The van der Waals surface area contributed by atoms with Crippen molar-refractivity contribution in [1.82, 2.24) is 0 Å². The summed E-state index contributed by atoms with van der Waals surface area (Å²) in [7, 11) is 0. The van der Waals surface area contributed by atoms with Crippen molar-refractivity contribution in [3.63, 3.8) is 0 Å². The van der Waals surface area contributed by atoms with Crippen LogP contribution in [0.4, 0.5) is 13.2 Å². The summed E-state index contributed by atoms with van der Waals surface area (Å²) in [4.78, 5) is 0. The minimum Gasteiger partial charge on any atom is -0.200 e. The Morgan fingerprint density at radius 3 is 2.09 bits per heavy atom. The van der Waals surface area contributed by atoms with Crippen molar-refractivity contribution < 1.29 is 20.0 Å². The Hall–Kier alpha value is -1.25. The molecule has 1 aromatic rings. The molecule has 0 amide bonds. The second-order valence-electron chi connectivity index (χ2n) is 1.57. The van der Waals surface area contributed by atoms with Gasteiger partial charge in [0.1, 0.15) is 0 Å². The average molecular weight is 163 g/mol. The zero-order valence-corrected chi connectivity index (χ0v) is 5.13. The number of halogens is 3. The van der Waals surface area contributed by atoms with Crippen LogP contribution < -0.4 is 0 Å². The molecule has 1 aromatic carbocycles. The molecule has 1 rings (SSSR count). The highest BCUT2D eigenvalue weighted by atomic mass is 19.3. The van der Waals surface area contributed by atoms with Crippen LogP contribution in [0, 0.1) is 0 Å². The first-order valence-electron chi connectivity index (χ1n) is 5.07. The lowest BCUT2D eigenvalue weighted by Gasteiger charge is -1.93. The maximum atomic E-state index is 12.9. The molecule has 58 valence electrons. The highest BCUT2D eigenvalue weighted by molar-refractivity contribution is 5.59. The molecule has 0 bridgehead atoms. The normalized spacial score (nSPS) is 15.7. The van der Waals surface area contributed by atoms with Crippen LogP contribution in [0.3, 0.4) is 0 Å². The molecular weight excluding hydrogens is 153 g/mol. The van der Waals surface area contributed by atoms with E-state index in [0.29, 0.717) is 0 Å². The minimum atomic E-state index is -2.72. The molecule has 0 heterocycles. The summed E-state index contributed by atoms with van der Waals surface area (Å²) < 4.78 is 72.7. The van der Waals surface area contributed by atoms with E-state index in [0.717, 1.165) is 0 Å². The highest BCUT2D eigenvalue weighted by Gasteiger charge is 2.05. The standard InChI is InChI=1S/C8H5F3/c9-7(8(10)11)6-4-2-1-3-5-6/h1-5H/i1D,2D,3D,4D,5D. The molecule has 0 fully saturated rings.